The molecule has 1 heterocycles. The van der Waals surface area contributed by atoms with Gasteiger partial charge >= 0.3 is 0 Å². The molecule has 2 rings (SSSR count). The minimum absolute atomic E-state index is 0. The number of aliphatic imine (C=N–C) groups is 1. The minimum Gasteiger partial charge on any atom is -0.493 e. The highest BCUT2D eigenvalue weighted by atomic mass is 127. The van der Waals surface area contributed by atoms with Crippen LogP contribution in [0.3, 0.4) is 0 Å². The number of hydrogen-bond acceptors (Lipinski definition) is 4. The molecule has 27 heavy (non-hydrogen) atoms. The molecular formula is C19H29IN4O3. The zero-order valence-corrected chi connectivity index (χ0v) is 19.1. The van der Waals surface area contributed by atoms with Crippen LogP contribution in [0.15, 0.2) is 35.5 Å². The van der Waals surface area contributed by atoms with Gasteiger partial charge in [-0.15, -0.1) is 24.0 Å². The van der Waals surface area contributed by atoms with Crippen LogP contribution in [0.2, 0.25) is 0 Å². The molecule has 150 valence electrons. The van der Waals surface area contributed by atoms with Gasteiger partial charge in [-0.25, -0.2) is 0 Å². The summed E-state index contributed by atoms with van der Waals surface area (Å²) in [6, 6.07) is 7.96. The quantitative estimate of drug-likeness (QED) is 0.369. The highest BCUT2D eigenvalue weighted by Gasteiger charge is 2.16. The molecule has 1 aromatic heterocycles. The fourth-order valence-corrected chi connectivity index (χ4v) is 2.84. The molecule has 0 saturated heterocycles. The van der Waals surface area contributed by atoms with Crippen molar-refractivity contribution in [3.8, 4) is 17.2 Å². The molecular weight excluding hydrogens is 459 g/mol. The third-order valence-corrected chi connectivity index (χ3v) is 4.25. The fraction of sp³-hybridized carbons (Fsp3) is 0.421. The van der Waals surface area contributed by atoms with E-state index < -0.39 is 0 Å². The lowest BCUT2D eigenvalue weighted by molar-refractivity contribution is 0.322. The van der Waals surface area contributed by atoms with Crippen molar-refractivity contribution >= 4 is 29.9 Å². The zero-order valence-electron chi connectivity index (χ0n) is 16.8. The summed E-state index contributed by atoms with van der Waals surface area (Å²) < 4.78 is 18.4. The summed E-state index contributed by atoms with van der Waals surface area (Å²) in [6.07, 6.45) is 2.04. The summed E-state index contributed by atoms with van der Waals surface area (Å²) in [6.45, 7) is 1.31. The lowest BCUT2D eigenvalue weighted by Gasteiger charge is -2.23. The van der Waals surface area contributed by atoms with Gasteiger partial charge in [0.05, 0.1) is 27.9 Å². The minimum atomic E-state index is 0. The van der Waals surface area contributed by atoms with Crippen LogP contribution in [-0.4, -0.2) is 50.9 Å². The fourth-order valence-electron chi connectivity index (χ4n) is 2.84. The molecule has 0 fully saturated rings. The summed E-state index contributed by atoms with van der Waals surface area (Å²) in [7, 11) is 10.6. The van der Waals surface area contributed by atoms with Gasteiger partial charge in [0.25, 0.3) is 0 Å². The van der Waals surface area contributed by atoms with Crippen molar-refractivity contribution in [3.05, 3.63) is 41.7 Å². The molecule has 0 spiro atoms. The van der Waals surface area contributed by atoms with Gasteiger partial charge in [0.2, 0.25) is 5.75 Å². The molecule has 0 saturated carbocycles. The monoisotopic (exact) mass is 488 g/mol. The van der Waals surface area contributed by atoms with Crippen LogP contribution in [-0.2, 0) is 20.1 Å². The van der Waals surface area contributed by atoms with Crippen LogP contribution in [0, 0.1) is 0 Å². The topological polar surface area (TPSA) is 60.3 Å². The number of guanidine groups is 1. The lowest BCUT2D eigenvalue weighted by atomic mass is 10.1. The van der Waals surface area contributed by atoms with Crippen molar-refractivity contribution in [2.75, 3.05) is 35.4 Å². The maximum Gasteiger partial charge on any atom is 0.203 e. The van der Waals surface area contributed by atoms with E-state index in [-0.39, 0.29) is 24.0 Å². The second kappa shape index (κ2) is 10.9. The predicted octanol–water partition coefficient (Wildman–Crippen LogP) is 2.88. The number of nitrogens with zero attached hydrogens (tertiary/aromatic N) is 3. The Morgan fingerprint density at radius 3 is 2.33 bits per heavy atom. The number of nitrogens with one attached hydrogen (secondary N) is 1. The number of rotatable bonds is 7. The van der Waals surface area contributed by atoms with Crippen LogP contribution >= 0.6 is 24.0 Å². The molecule has 0 atom stereocenters. The third-order valence-electron chi connectivity index (χ3n) is 4.25. The maximum atomic E-state index is 5.54. The number of aromatic nitrogens is 1. The Kier molecular flexibility index (Phi) is 9.27. The van der Waals surface area contributed by atoms with E-state index in [0.717, 1.165) is 18.1 Å². The molecule has 0 aliphatic heterocycles. The Morgan fingerprint density at radius 2 is 1.81 bits per heavy atom. The van der Waals surface area contributed by atoms with E-state index in [9.17, 15) is 0 Å². The molecule has 0 aliphatic carbocycles. The normalized spacial score (nSPS) is 10.8. The van der Waals surface area contributed by atoms with Crippen molar-refractivity contribution in [2.24, 2.45) is 12.0 Å². The van der Waals surface area contributed by atoms with Gasteiger partial charge in [-0.1, -0.05) is 0 Å². The molecule has 2 aromatic rings. The predicted molar refractivity (Wildman–Crippen MR) is 119 cm³/mol. The highest BCUT2D eigenvalue weighted by Crippen LogP contribution is 2.39. The molecule has 0 bridgehead atoms. The number of hydrogen-bond donors (Lipinski definition) is 1. The van der Waals surface area contributed by atoms with E-state index in [0.29, 0.717) is 23.8 Å². The summed E-state index contributed by atoms with van der Waals surface area (Å²) in [5.74, 6) is 2.67. The Hall–Kier alpha value is -2.10. The van der Waals surface area contributed by atoms with Crippen molar-refractivity contribution < 1.29 is 14.2 Å². The van der Waals surface area contributed by atoms with Crippen LogP contribution in [0.25, 0.3) is 0 Å². The SMILES string of the molecule is CN=C(NCc1ccc(OC)c(OC)c1OC)N(C)Cc1cccn1C.I. The van der Waals surface area contributed by atoms with E-state index in [1.165, 1.54) is 5.69 Å². The molecule has 0 radical (unpaired) electrons. The van der Waals surface area contributed by atoms with Crippen LogP contribution < -0.4 is 19.5 Å². The van der Waals surface area contributed by atoms with E-state index in [4.69, 9.17) is 14.2 Å². The van der Waals surface area contributed by atoms with Crippen LogP contribution in [0.4, 0.5) is 0 Å². The van der Waals surface area contributed by atoms with E-state index in [1.807, 2.05) is 38.5 Å². The van der Waals surface area contributed by atoms with Crippen molar-refractivity contribution in [1.29, 1.82) is 0 Å². The van der Waals surface area contributed by atoms with Gasteiger partial charge in [0.1, 0.15) is 0 Å². The Labute approximate surface area is 178 Å². The third kappa shape index (κ3) is 5.44. The second-order valence-electron chi connectivity index (χ2n) is 5.86. The number of benzene rings is 1. The summed E-state index contributed by atoms with van der Waals surface area (Å²) in [4.78, 5) is 6.44. The van der Waals surface area contributed by atoms with Gasteiger partial charge in [-0.3, -0.25) is 4.99 Å². The van der Waals surface area contributed by atoms with Gasteiger partial charge in [0, 0.05) is 45.1 Å². The zero-order chi connectivity index (χ0) is 19.1. The first-order valence-electron chi connectivity index (χ1n) is 8.35. The highest BCUT2D eigenvalue weighted by molar-refractivity contribution is 14.0. The Morgan fingerprint density at radius 1 is 1.11 bits per heavy atom. The summed E-state index contributed by atoms with van der Waals surface area (Å²) in [5, 5.41) is 3.37. The smallest absolute Gasteiger partial charge is 0.203 e. The first-order chi connectivity index (χ1) is 12.5. The molecule has 0 amide bonds. The summed E-state index contributed by atoms with van der Waals surface area (Å²) >= 11 is 0. The second-order valence-corrected chi connectivity index (χ2v) is 5.86. The average Bonchev–Trinajstić information content (AvgIpc) is 3.05. The first kappa shape index (κ1) is 22.9. The molecule has 0 aliphatic rings. The number of halogens is 1. The molecule has 0 unspecified atom stereocenters. The molecule has 8 heteroatoms. The van der Waals surface area contributed by atoms with E-state index in [2.05, 4.69) is 25.8 Å². The Bertz CT molecular complexity index is 761. The van der Waals surface area contributed by atoms with Gasteiger partial charge in [-0.2, -0.15) is 0 Å². The first-order valence-corrected chi connectivity index (χ1v) is 8.35. The van der Waals surface area contributed by atoms with Gasteiger partial charge in [0.15, 0.2) is 17.5 Å². The Balaban J connectivity index is 0.00000364. The average molecular weight is 488 g/mol. The summed E-state index contributed by atoms with van der Waals surface area (Å²) in [5.41, 5.74) is 2.16. The van der Waals surface area contributed by atoms with Gasteiger partial charge < -0.3 is 29.0 Å². The standard InChI is InChI=1S/C19H28N4O3.HI/c1-20-19(23(3)13-15-8-7-11-22(15)2)21-12-14-9-10-16(24-4)18(26-6)17(14)25-5;/h7-11H,12-13H2,1-6H3,(H,20,21);1H. The largest absolute Gasteiger partial charge is 0.493 e. The van der Waals surface area contributed by atoms with Crippen molar-refractivity contribution in [3.63, 3.8) is 0 Å². The van der Waals surface area contributed by atoms with E-state index >= 15 is 0 Å². The molecule has 1 N–H and O–H groups in total. The van der Waals surface area contributed by atoms with E-state index in [1.54, 1.807) is 28.4 Å². The van der Waals surface area contributed by atoms with Crippen molar-refractivity contribution in [1.82, 2.24) is 14.8 Å². The molecule has 1 aromatic carbocycles. The van der Waals surface area contributed by atoms with Crippen molar-refractivity contribution in [2.45, 2.75) is 13.1 Å². The number of methoxy groups -OCH3 is 3. The maximum absolute atomic E-state index is 5.54. The van der Waals surface area contributed by atoms with Gasteiger partial charge in [-0.05, 0) is 24.3 Å². The van der Waals surface area contributed by atoms with Crippen LogP contribution in [0.5, 0.6) is 17.2 Å². The lowest BCUT2D eigenvalue weighted by Crippen LogP contribution is -2.38. The van der Waals surface area contributed by atoms with Crippen LogP contribution in [0.1, 0.15) is 11.3 Å². The number of ether oxygens (including phenoxy) is 3. The molecule has 7 nitrogen and oxygen atoms in total. The number of aryl methyl sites for hydroxylation is 1.